The van der Waals surface area contributed by atoms with Crippen molar-refractivity contribution in [2.45, 2.75) is 102 Å². The average molecular weight is 988 g/mol. The number of hydrogen-bond donors (Lipinski definition) is 0. The van der Waals surface area contributed by atoms with E-state index < -0.39 is 0 Å². The third-order valence-electron chi connectivity index (χ3n) is 12.4. The van der Waals surface area contributed by atoms with Crippen molar-refractivity contribution < 1.29 is 0 Å². The molecule has 8 aromatic rings. The van der Waals surface area contributed by atoms with E-state index in [9.17, 15) is 0 Å². The minimum atomic E-state index is 0. The molecule has 0 radical (unpaired) electrons. The Labute approximate surface area is 456 Å². The molecular weight excluding hydrogens is 901 g/mol. The fraction of sp³-hybridized carbons (Fsp3) is 0.200. The number of terminal acetylenes is 1. The van der Waals surface area contributed by atoms with Gasteiger partial charge >= 0.3 is 0 Å². The normalized spacial score (nSPS) is 10.5. The van der Waals surface area contributed by atoms with Crippen molar-refractivity contribution in [2.75, 3.05) is 0 Å². The lowest BCUT2D eigenvalue weighted by atomic mass is 9.80. The smallest absolute Gasteiger partial charge is 0.0141 e. The van der Waals surface area contributed by atoms with Crippen molar-refractivity contribution in [3.05, 3.63) is 288 Å². The SMILES string of the molecule is C.C#C.C=C(C)C.C=C(CC(C)c1c(-c2ccccc2C)ccc(-c2ccccc2C)c1C)c1ccccc1.C=C/C=C\C(=C/C)c1ccc(-c2ccc(CC)cc2)cc1.CC.Cc1cccc(-c2ccccc2)c1. The summed E-state index contributed by atoms with van der Waals surface area (Å²) in [4.78, 5) is 0. The summed E-state index contributed by atoms with van der Waals surface area (Å²) in [5.74, 6) is 0.348. The Balaban J connectivity index is 0.000000384. The van der Waals surface area contributed by atoms with E-state index in [-0.39, 0.29) is 7.43 Å². The Hall–Kier alpha value is -7.98. The van der Waals surface area contributed by atoms with Crippen LogP contribution in [0.4, 0.5) is 0 Å². The molecule has 0 saturated carbocycles. The first kappa shape index (κ1) is 63.1. The molecule has 0 saturated heterocycles. The molecule has 0 spiro atoms. The lowest BCUT2D eigenvalue weighted by Crippen LogP contribution is -2.04. The average Bonchev–Trinajstić information content (AvgIpc) is 3.43. The van der Waals surface area contributed by atoms with Gasteiger partial charge in [-0.25, -0.2) is 0 Å². The van der Waals surface area contributed by atoms with Crippen LogP contribution in [0.5, 0.6) is 0 Å². The highest BCUT2D eigenvalue weighted by atomic mass is 14.2. The van der Waals surface area contributed by atoms with Gasteiger partial charge in [0.25, 0.3) is 0 Å². The monoisotopic (exact) mass is 987 g/mol. The van der Waals surface area contributed by atoms with Crippen LogP contribution >= 0.6 is 0 Å². The predicted molar refractivity (Wildman–Crippen MR) is 339 cm³/mol. The largest absolute Gasteiger partial charge is 0.124 e. The number of allylic oxidation sites excluding steroid dienone is 7. The molecule has 8 aromatic carbocycles. The maximum atomic E-state index is 4.43. The van der Waals surface area contributed by atoms with Crippen molar-refractivity contribution >= 4 is 11.1 Å². The highest BCUT2D eigenvalue weighted by Gasteiger charge is 2.20. The first-order valence-corrected chi connectivity index (χ1v) is 26.1. The second-order valence-corrected chi connectivity index (χ2v) is 18.3. The van der Waals surface area contributed by atoms with E-state index in [4.69, 9.17) is 0 Å². The Bertz CT molecular complexity index is 3020. The zero-order valence-electron chi connectivity index (χ0n) is 46.6. The fourth-order valence-corrected chi connectivity index (χ4v) is 8.68. The van der Waals surface area contributed by atoms with E-state index in [0.717, 1.165) is 12.8 Å². The molecule has 0 heterocycles. The van der Waals surface area contributed by atoms with Gasteiger partial charge in [0, 0.05) is 0 Å². The maximum Gasteiger partial charge on any atom is -0.0141 e. The van der Waals surface area contributed by atoms with Gasteiger partial charge in [-0.05, 0) is 162 Å². The standard InChI is InChI=1S/C32H32.C21H22.C13H12.C4H8.C2H6.C2H2.CH4/c1-22-13-9-11-17-28(22)30-19-20-31(29-18-12-10-14-23(29)2)32(26(30)5)25(4)21-24(3)27-15-7-6-8-16-27;1-4-7-8-18(6-3)19-13-15-21(16-14-19)20-11-9-17(5-2)10-12-20;1-11-6-5-9-13(10-11)12-7-3-2-4-8-12;1-4(2)3;2*1-2;/h6-20,25H,3,21H2,1-2,4-5H3;4,6-16H,1,5H2,2-3H3;2-10H,1H3;1H2,2-3H3;1-2H3;1-2H;1H4/b;8-7-,18-6+;;;;;. The summed E-state index contributed by atoms with van der Waals surface area (Å²) in [6, 6.07) is 69.1. The molecule has 8 rings (SSSR count). The summed E-state index contributed by atoms with van der Waals surface area (Å²) in [7, 11) is 0. The fourth-order valence-electron chi connectivity index (χ4n) is 8.68. The molecule has 0 aromatic heterocycles. The highest BCUT2D eigenvalue weighted by molar-refractivity contribution is 5.81. The third kappa shape index (κ3) is 19.8. The van der Waals surface area contributed by atoms with Gasteiger partial charge in [0.2, 0.25) is 0 Å². The predicted octanol–water partition coefficient (Wildman–Crippen LogP) is 22.4. The minimum absolute atomic E-state index is 0. The van der Waals surface area contributed by atoms with Crippen molar-refractivity contribution in [3.63, 3.8) is 0 Å². The van der Waals surface area contributed by atoms with Gasteiger partial charge < -0.3 is 0 Å². The minimum Gasteiger partial charge on any atom is -0.124 e. The maximum absolute atomic E-state index is 4.43. The van der Waals surface area contributed by atoms with Gasteiger partial charge in [0.05, 0.1) is 0 Å². The van der Waals surface area contributed by atoms with Crippen LogP contribution in [0, 0.1) is 40.5 Å². The molecule has 1 unspecified atom stereocenters. The molecule has 0 aliphatic rings. The molecule has 1 atom stereocenters. The lowest BCUT2D eigenvalue weighted by Gasteiger charge is -2.24. The van der Waals surface area contributed by atoms with Gasteiger partial charge in [0.1, 0.15) is 0 Å². The summed E-state index contributed by atoms with van der Waals surface area (Å²) in [5.41, 5.74) is 24.5. The van der Waals surface area contributed by atoms with Gasteiger partial charge in [-0.15, -0.1) is 19.4 Å². The Kier molecular flexibility index (Phi) is 29.0. The molecule has 0 bridgehead atoms. The van der Waals surface area contributed by atoms with Gasteiger partial charge in [-0.2, -0.15) is 0 Å². The molecule has 75 heavy (non-hydrogen) atoms. The van der Waals surface area contributed by atoms with E-state index in [0.29, 0.717) is 5.92 Å². The van der Waals surface area contributed by atoms with Crippen molar-refractivity contribution in [1.29, 1.82) is 0 Å². The number of benzene rings is 8. The van der Waals surface area contributed by atoms with E-state index in [2.05, 4.69) is 281 Å². The van der Waals surface area contributed by atoms with E-state index in [1.807, 2.05) is 39.8 Å². The molecule has 0 heteroatoms. The molecular formula is C75H86. The van der Waals surface area contributed by atoms with E-state index in [1.54, 1.807) is 6.08 Å². The van der Waals surface area contributed by atoms with Crippen LogP contribution in [0.2, 0.25) is 0 Å². The Morgan fingerprint density at radius 1 is 0.533 bits per heavy atom. The summed E-state index contributed by atoms with van der Waals surface area (Å²) < 4.78 is 0. The van der Waals surface area contributed by atoms with Crippen molar-refractivity contribution in [1.82, 2.24) is 0 Å². The van der Waals surface area contributed by atoms with Crippen LogP contribution in [-0.4, -0.2) is 0 Å². The molecule has 0 nitrogen and oxygen atoms in total. The first-order valence-electron chi connectivity index (χ1n) is 26.1. The number of aryl methyl sites for hydroxylation is 4. The van der Waals surface area contributed by atoms with E-state index >= 15 is 0 Å². The van der Waals surface area contributed by atoms with Crippen LogP contribution in [0.1, 0.15) is 113 Å². The Morgan fingerprint density at radius 2 is 0.987 bits per heavy atom. The number of rotatable bonds is 12. The zero-order chi connectivity index (χ0) is 54.4. The van der Waals surface area contributed by atoms with Crippen LogP contribution in [0.15, 0.2) is 244 Å². The van der Waals surface area contributed by atoms with Crippen molar-refractivity contribution in [2.24, 2.45) is 0 Å². The molecule has 0 amide bonds. The zero-order valence-corrected chi connectivity index (χ0v) is 46.6. The van der Waals surface area contributed by atoms with Crippen LogP contribution < -0.4 is 0 Å². The summed E-state index contributed by atoms with van der Waals surface area (Å²) in [6.07, 6.45) is 18.0. The quantitative estimate of drug-likeness (QED) is 0.0650. The van der Waals surface area contributed by atoms with Gasteiger partial charge in [-0.3, -0.25) is 0 Å². The van der Waals surface area contributed by atoms with Gasteiger partial charge in [0.15, 0.2) is 0 Å². The summed E-state index contributed by atoms with van der Waals surface area (Å²) >= 11 is 0. The second-order valence-electron chi connectivity index (χ2n) is 18.3. The Morgan fingerprint density at radius 3 is 1.48 bits per heavy atom. The lowest BCUT2D eigenvalue weighted by molar-refractivity contribution is 0.788. The topological polar surface area (TPSA) is 0 Å². The third-order valence-corrected chi connectivity index (χ3v) is 12.4. The van der Waals surface area contributed by atoms with Gasteiger partial charge in [-0.1, -0.05) is 278 Å². The summed E-state index contributed by atoms with van der Waals surface area (Å²) in [6.45, 7) is 35.0. The molecule has 0 fully saturated rings. The van der Waals surface area contributed by atoms with Crippen molar-refractivity contribution in [3.8, 4) is 57.4 Å². The highest BCUT2D eigenvalue weighted by Crippen LogP contribution is 2.42. The molecule has 0 aliphatic carbocycles. The van der Waals surface area contributed by atoms with Crippen LogP contribution in [0.25, 0.3) is 55.7 Å². The first-order chi connectivity index (χ1) is 35.8. The van der Waals surface area contributed by atoms with E-state index in [1.165, 1.54) is 106 Å². The van der Waals surface area contributed by atoms with Crippen LogP contribution in [-0.2, 0) is 6.42 Å². The second kappa shape index (κ2) is 34.4. The molecule has 0 N–H and O–H groups in total. The summed E-state index contributed by atoms with van der Waals surface area (Å²) in [5, 5.41) is 0. The number of hydrogen-bond acceptors (Lipinski definition) is 0. The molecule has 0 aliphatic heterocycles. The molecule has 386 valence electrons. The van der Waals surface area contributed by atoms with Crippen LogP contribution in [0.3, 0.4) is 0 Å².